The first kappa shape index (κ1) is 9.76. The Hall–Kier alpha value is -1.33. The van der Waals surface area contributed by atoms with Gasteiger partial charge in [-0.05, 0) is 0 Å². The van der Waals surface area contributed by atoms with Crippen LogP contribution in [0.4, 0.5) is 0 Å². The average molecular weight is 200 g/mol. The van der Waals surface area contributed by atoms with Gasteiger partial charge in [-0.3, -0.25) is 4.55 Å². The fraction of sp³-hybridized carbons (Fsp3) is 0. The first-order chi connectivity index (χ1) is 5.99. The van der Waals surface area contributed by atoms with Gasteiger partial charge in [0, 0.05) is 5.56 Å². The Balaban J connectivity index is 2.82. The van der Waals surface area contributed by atoms with Crippen LogP contribution in [-0.2, 0) is 14.6 Å². The zero-order chi connectivity index (χ0) is 9.90. The Morgan fingerprint density at radius 1 is 1.31 bits per heavy atom. The van der Waals surface area contributed by atoms with Crippen molar-refractivity contribution in [3.05, 3.63) is 42.5 Å². The predicted octanol–water partition coefficient (Wildman–Crippen LogP) is 1.48. The molecule has 0 unspecified atom stereocenters. The Morgan fingerprint density at radius 2 is 1.85 bits per heavy atom. The van der Waals surface area contributed by atoms with Crippen molar-refractivity contribution in [1.29, 1.82) is 0 Å². The lowest BCUT2D eigenvalue weighted by molar-refractivity contribution is 0.370. The molecule has 0 aliphatic rings. The summed E-state index contributed by atoms with van der Waals surface area (Å²) in [5.41, 5.74) is 0.500. The molecule has 5 heteroatoms. The van der Waals surface area contributed by atoms with E-state index in [0.717, 1.165) is 0 Å². The molecule has 0 aliphatic carbocycles. The number of hydrogen-bond donors (Lipinski definition) is 1. The lowest BCUT2D eigenvalue weighted by atomic mass is 10.2. The third-order valence-electron chi connectivity index (χ3n) is 1.30. The molecule has 0 saturated heterocycles. The quantitative estimate of drug-likeness (QED) is 0.593. The van der Waals surface area contributed by atoms with Crippen molar-refractivity contribution in [2.45, 2.75) is 0 Å². The molecule has 0 bridgehead atoms. The largest absolute Gasteiger partial charge is 0.446 e. The molecule has 0 amide bonds. The Morgan fingerprint density at radius 3 is 2.31 bits per heavy atom. The Labute approximate surface area is 76.4 Å². The van der Waals surface area contributed by atoms with Gasteiger partial charge in [-0.1, -0.05) is 36.9 Å². The molecule has 0 heterocycles. The minimum absolute atomic E-state index is 0.108. The van der Waals surface area contributed by atoms with Crippen molar-refractivity contribution in [3.63, 3.8) is 0 Å². The smallest absolute Gasteiger partial charge is 0.362 e. The molecule has 13 heavy (non-hydrogen) atoms. The summed E-state index contributed by atoms with van der Waals surface area (Å²) in [5, 5.41) is 0. The standard InChI is InChI=1S/C8H8O4S/c1-7(12-13(9,10)11)8-5-3-2-4-6-8/h2-6H,1H2,(H,9,10,11). The van der Waals surface area contributed by atoms with E-state index in [9.17, 15) is 8.42 Å². The first-order valence-electron chi connectivity index (χ1n) is 3.40. The van der Waals surface area contributed by atoms with Crippen LogP contribution in [-0.4, -0.2) is 13.0 Å². The average Bonchev–Trinajstić information content (AvgIpc) is 2.03. The van der Waals surface area contributed by atoms with Crippen molar-refractivity contribution in [2.24, 2.45) is 0 Å². The molecular weight excluding hydrogens is 192 g/mol. The van der Waals surface area contributed by atoms with Gasteiger partial charge in [0.25, 0.3) is 0 Å². The highest BCUT2D eigenvalue weighted by atomic mass is 32.3. The monoisotopic (exact) mass is 200 g/mol. The van der Waals surface area contributed by atoms with Gasteiger partial charge in [0.05, 0.1) is 0 Å². The number of hydrogen-bond acceptors (Lipinski definition) is 3. The van der Waals surface area contributed by atoms with Gasteiger partial charge in [0.15, 0.2) is 0 Å². The van der Waals surface area contributed by atoms with Crippen LogP contribution in [0.15, 0.2) is 36.9 Å². The second-order valence-electron chi connectivity index (χ2n) is 2.30. The fourth-order valence-corrected chi connectivity index (χ4v) is 1.15. The van der Waals surface area contributed by atoms with Crippen LogP contribution in [0.2, 0.25) is 0 Å². The molecule has 0 spiro atoms. The van der Waals surface area contributed by atoms with Crippen molar-refractivity contribution in [3.8, 4) is 0 Å². The maximum Gasteiger partial charge on any atom is 0.446 e. The molecule has 0 radical (unpaired) electrons. The van der Waals surface area contributed by atoms with Crippen LogP contribution in [0.25, 0.3) is 5.76 Å². The van der Waals surface area contributed by atoms with Gasteiger partial charge in [-0.2, -0.15) is 8.42 Å². The zero-order valence-electron chi connectivity index (χ0n) is 6.67. The molecule has 0 saturated carbocycles. The van der Waals surface area contributed by atoms with Gasteiger partial charge in [-0.15, -0.1) is 0 Å². The second kappa shape index (κ2) is 3.59. The minimum Gasteiger partial charge on any atom is -0.362 e. The van der Waals surface area contributed by atoms with Crippen LogP contribution in [0.1, 0.15) is 5.56 Å². The summed E-state index contributed by atoms with van der Waals surface area (Å²) in [6, 6.07) is 8.41. The molecule has 0 fully saturated rings. The third-order valence-corrected chi connectivity index (χ3v) is 1.71. The van der Waals surface area contributed by atoms with E-state index in [1.165, 1.54) is 0 Å². The van der Waals surface area contributed by atoms with Gasteiger partial charge in [0.1, 0.15) is 5.76 Å². The molecule has 0 atom stereocenters. The number of benzene rings is 1. The van der Waals surface area contributed by atoms with Crippen LogP contribution in [0.3, 0.4) is 0 Å². The van der Waals surface area contributed by atoms with Crippen LogP contribution in [0, 0.1) is 0 Å². The second-order valence-corrected chi connectivity index (χ2v) is 3.32. The third kappa shape index (κ3) is 3.27. The predicted molar refractivity (Wildman–Crippen MR) is 48.1 cm³/mol. The SMILES string of the molecule is C=C(OS(=O)(=O)O)c1ccccc1. The van der Waals surface area contributed by atoms with E-state index < -0.39 is 10.4 Å². The van der Waals surface area contributed by atoms with Crippen molar-refractivity contribution < 1.29 is 17.2 Å². The van der Waals surface area contributed by atoms with Crippen LogP contribution >= 0.6 is 0 Å². The summed E-state index contributed by atoms with van der Waals surface area (Å²) < 4.78 is 33.1. The first-order valence-corrected chi connectivity index (χ1v) is 4.77. The molecular formula is C8H8O4S. The van der Waals surface area contributed by atoms with Gasteiger partial charge >= 0.3 is 10.4 Å². The maximum absolute atomic E-state index is 10.3. The fourth-order valence-electron chi connectivity index (χ4n) is 0.799. The van der Waals surface area contributed by atoms with E-state index in [1.54, 1.807) is 30.3 Å². The Bertz CT molecular complexity index is 393. The summed E-state index contributed by atoms with van der Waals surface area (Å²) in [6.45, 7) is 3.35. The van der Waals surface area contributed by atoms with E-state index >= 15 is 0 Å². The highest BCUT2D eigenvalue weighted by molar-refractivity contribution is 7.81. The van der Waals surface area contributed by atoms with Crippen molar-refractivity contribution in [2.75, 3.05) is 0 Å². The van der Waals surface area contributed by atoms with Gasteiger partial charge in [-0.25, -0.2) is 0 Å². The molecule has 4 nitrogen and oxygen atoms in total. The van der Waals surface area contributed by atoms with E-state index in [-0.39, 0.29) is 5.76 Å². The summed E-state index contributed by atoms with van der Waals surface area (Å²) >= 11 is 0. The van der Waals surface area contributed by atoms with Crippen molar-refractivity contribution in [1.82, 2.24) is 0 Å². The highest BCUT2D eigenvalue weighted by Crippen LogP contribution is 2.14. The van der Waals surface area contributed by atoms with Gasteiger partial charge < -0.3 is 4.18 Å². The van der Waals surface area contributed by atoms with E-state index in [0.29, 0.717) is 5.56 Å². The molecule has 70 valence electrons. The summed E-state index contributed by atoms with van der Waals surface area (Å²) in [7, 11) is -4.47. The topological polar surface area (TPSA) is 63.6 Å². The molecule has 1 aromatic carbocycles. The van der Waals surface area contributed by atoms with Gasteiger partial charge in [0.2, 0.25) is 0 Å². The maximum atomic E-state index is 10.3. The van der Waals surface area contributed by atoms with Crippen molar-refractivity contribution >= 4 is 16.2 Å². The van der Waals surface area contributed by atoms with Crippen LogP contribution in [0.5, 0.6) is 0 Å². The molecule has 0 aliphatic heterocycles. The zero-order valence-corrected chi connectivity index (χ0v) is 7.49. The van der Waals surface area contributed by atoms with E-state index in [1.807, 2.05) is 0 Å². The number of rotatable bonds is 3. The summed E-state index contributed by atoms with van der Waals surface area (Å²) in [5.74, 6) is -0.108. The summed E-state index contributed by atoms with van der Waals surface area (Å²) in [6.07, 6.45) is 0. The summed E-state index contributed by atoms with van der Waals surface area (Å²) in [4.78, 5) is 0. The van der Waals surface area contributed by atoms with E-state index in [4.69, 9.17) is 4.55 Å². The normalized spacial score (nSPS) is 10.8. The molecule has 0 aromatic heterocycles. The van der Waals surface area contributed by atoms with E-state index in [2.05, 4.69) is 10.8 Å². The van der Waals surface area contributed by atoms with Crippen LogP contribution < -0.4 is 0 Å². The molecule has 1 rings (SSSR count). The molecule has 1 N–H and O–H groups in total. The molecule has 1 aromatic rings. The lowest BCUT2D eigenvalue weighted by Crippen LogP contribution is -2.01. The Kier molecular flexibility index (Phi) is 2.69. The lowest BCUT2D eigenvalue weighted by Gasteiger charge is -2.03. The highest BCUT2D eigenvalue weighted by Gasteiger charge is 2.08. The minimum atomic E-state index is -4.47.